The molecule has 1 N–H and O–H groups in total. The summed E-state index contributed by atoms with van der Waals surface area (Å²) in [6.45, 7) is 6.02. The van der Waals surface area contributed by atoms with Crippen molar-refractivity contribution in [2.75, 3.05) is 13.2 Å². The highest BCUT2D eigenvalue weighted by molar-refractivity contribution is 5.10. The molecule has 0 amide bonds. The van der Waals surface area contributed by atoms with Crippen LogP contribution in [0, 0.1) is 0 Å². The Morgan fingerprint density at radius 2 is 2.27 bits per heavy atom. The van der Waals surface area contributed by atoms with Crippen molar-refractivity contribution in [3.8, 4) is 0 Å². The molecular formula is C12H20N2O. The molecule has 1 fully saturated rings. The van der Waals surface area contributed by atoms with Crippen molar-refractivity contribution in [1.82, 2.24) is 9.88 Å². The van der Waals surface area contributed by atoms with E-state index in [9.17, 15) is 0 Å². The fourth-order valence-electron chi connectivity index (χ4n) is 1.96. The molecule has 3 heteroatoms. The number of ether oxygens (including phenoxy) is 1. The lowest BCUT2D eigenvalue weighted by Crippen LogP contribution is -2.34. The number of aromatic nitrogens is 1. The maximum atomic E-state index is 5.33. The van der Waals surface area contributed by atoms with Crippen LogP contribution in [-0.2, 0) is 17.8 Å². The van der Waals surface area contributed by atoms with Gasteiger partial charge in [-0.1, -0.05) is 0 Å². The van der Waals surface area contributed by atoms with E-state index in [-0.39, 0.29) is 0 Å². The third kappa shape index (κ3) is 3.08. The van der Waals surface area contributed by atoms with Gasteiger partial charge < -0.3 is 14.6 Å². The van der Waals surface area contributed by atoms with Gasteiger partial charge in [-0.05, 0) is 31.4 Å². The van der Waals surface area contributed by atoms with Crippen molar-refractivity contribution in [2.45, 2.75) is 38.9 Å². The lowest BCUT2D eigenvalue weighted by Gasteiger charge is -2.22. The fourth-order valence-corrected chi connectivity index (χ4v) is 1.96. The number of nitrogens with zero attached hydrogens (tertiary/aromatic N) is 1. The molecule has 1 aliphatic rings. The van der Waals surface area contributed by atoms with Gasteiger partial charge in [0, 0.05) is 44.7 Å². The third-order valence-corrected chi connectivity index (χ3v) is 2.99. The first-order valence-corrected chi connectivity index (χ1v) is 5.84. The van der Waals surface area contributed by atoms with Crippen LogP contribution in [0.2, 0.25) is 0 Å². The summed E-state index contributed by atoms with van der Waals surface area (Å²) in [5.41, 5.74) is 1.38. The van der Waals surface area contributed by atoms with E-state index >= 15 is 0 Å². The highest BCUT2D eigenvalue weighted by atomic mass is 16.5. The van der Waals surface area contributed by atoms with Crippen LogP contribution in [0.15, 0.2) is 18.5 Å². The number of hydrogen-bond acceptors (Lipinski definition) is 2. The van der Waals surface area contributed by atoms with Crippen molar-refractivity contribution in [3.05, 3.63) is 24.0 Å². The molecule has 0 aliphatic carbocycles. The predicted molar refractivity (Wildman–Crippen MR) is 60.8 cm³/mol. The maximum Gasteiger partial charge on any atom is 0.0480 e. The number of aryl methyl sites for hydroxylation is 1. The summed E-state index contributed by atoms with van der Waals surface area (Å²) in [6.07, 6.45) is 6.65. The van der Waals surface area contributed by atoms with Gasteiger partial charge in [-0.3, -0.25) is 0 Å². The van der Waals surface area contributed by atoms with Gasteiger partial charge in [0.15, 0.2) is 0 Å². The first-order chi connectivity index (χ1) is 7.38. The van der Waals surface area contributed by atoms with E-state index in [2.05, 4.69) is 35.3 Å². The summed E-state index contributed by atoms with van der Waals surface area (Å²) >= 11 is 0. The van der Waals surface area contributed by atoms with Crippen LogP contribution in [0.4, 0.5) is 0 Å². The number of nitrogens with one attached hydrogen (secondary N) is 1. The second-order valence-electron chi connectivity index (χ2n) is 4.12. The summed E-state index contributed by atoms with van der Waals surface area (Å²) in [7, 11) is 0. The largest absolute Gasteiger partial charge is 0.381 e. The van der Waals surface area contributed by atoms with E-state index < -0.39 is 0 Å². The molecule has 0 bridgehead atoms. The molecule has 1 aromatic heterocycles. The summed E-state index contributed by atoms with van der Waals surface area (Å²) < 4.78 is 7.54. The fraction of sp³-hybridized carbons (Fsp3) is 0.667. The zero-order valence-corrected chi connectivity index (χ0v) is 9.41. The van der Waals surface area contributed by atoms with Crippen molar-refractivity contribution in [1.29, 1.82) is 0 Å². The van der Waals surface area contributed by atoms with E-state index in [4.69, 9.17) is 4.74 Å². The third-order valence-electron chi connectivity index (χ3n) is 2.99. The molecule has 0 saturated carbocycles. The molecule has 84 valence electrons. The molecule has 1 saturated heterocycles. The summed E-state index contributed by atoms with van der Waals surface area (Å²) in [5.74, 6) is 0. The Balaban J connectivity index is 1.76. The molecule has 0 aromatic carbocycles. The molecular weight excluding hydrogens is 188 g/mol. The zero-order chi connectivity index (χ0) is 10.5. The Morgan fingerprint density at radius 3 is 2.93 bits per heavy atom. The average Bonchev–Trinajstić information content (AvgIpc) is 2.76. The molecule has 0 unspecified atom stereocenters. The minimum absolute atomic E-state index is 0.642. The van der Waals surface area contributed by atoms with E-state index in [1.807, 2.05) is 0 Å². The normalized spacial score (nSPS) is 18.2. The van der Waals surface area contributed by atoms with Crippen LogP contribution >= 0.6 is 0 Å². The smallest absolute Gasteiger partial charge is 0.0480 e. The standard InChI is InChI=1S/C12H20N2O/c1-2-14-6-3-11(10-14)9-13-12-4-7-15-8-5-12/h3,6,10,12-13H,2,4-5,7-9H2,1H3. The second-order valence-corrected chi connectivity index (χ2v) is 4.12. The molecule has 1 aliphatic heterocycles. The van der Waals surface area contributed by atoms with Crippen LogP contribution < -0.4 is 5.32 Å². The Kier molecular flexibility index (Phi) is 3.80. The summed E-state index contributed by atoms with van der Waals surface area (Å²) in [4.78, 5) is 0. The van der Waals surface area contributed by atoms with Gasteiger partial charge in [0.1, 0.15) is 0 Å². The number of hydrogen-bond donors (Lipinski definition) is 1. The molecule has 0 spiro atoms. The molecule has 0 atom stereocenters. The number of rotatable bonds is 4. The minimum atomic E-state index is 0.642. The first kappa shape index (κ1) is 10.7. The molecule has 0 radical (unpaired) electrons. The SMILES string of the molecule is CCn1ccc(CNC2CCOCC2)c1. The van der Waals surface area contributed by atoms with Crippen LogP contribution in [0.3, 0.4) is 0 Å². The first-order valence-electron chi connectivity index (χ1n) is 5.84. The van der Waals surface area contributed by atoms with E-state index in [0.29, 0.717) is 6.04 Å². The molecule has 1 aromatic rings. The van der Waals surface area contributed by atoms with E-state index in [1.54, 1.807) is 0 Å². The lowest BCUT2D eigenvalue weighted by molar-refractivity contribution is 0.0776. The summed E-state index contributed by atoms with van der Waals surface area (Å²) in [5, 5.41) is 3.58. The average molecular weight is 208 g/mol. The van der Waals surface area contributed by atoms with Crippen LogP contribution in [0.1, 0.15) is 25.3 Å². The zero-order valence-electron chi connectivity index (χ0n) is 9.41. The van der Waals surface area contributed by atoms with Crippen molar-refractivity contribution >= 4 is 0 Å². The van der Waals surface area contributed by atoms with Crippen molar-refractivity contribution < 1.29 is 4.74 Å². The lowest BCUT2D eigenvalue weighted by atomic mass is 10.1. The Morgan fingerprint density at radius 1 is 1.47 bits per heavy atom. The van der Waals surface area contributed by atoms with Crippen molar-refractivity contribution in [3.63, 3.8) is 0 Å². The second kappa shape index (κ2) is 5.33. The van der Waals surface area contributed by atoms with Gasteiger partial charge in [-0.2, -0.15) is 0 Å². The van der Waals surface area contributed by atoms with Crippen molar-refractivity contribution in [2.24, 2.45) is 0 Å². The van der Waals surface area contributed by atoms with Gasteiger partial charge in [0.2, 0.25) is 0 Å². The van der Waals surface area contributed by atoms with Crippen LogP contribution in [0.25, 0.3) is 0 Å². The van der Waals surface area contributed by atoms with E-state index in [0.717, 1.165) is 39.1 Å². The van der Waals surface area contributed by atoms with Gasteiger partial charge >= 0.3 is 0 Å². The van der Waals surface area contributed by atoms with Crippen LogP contribution in [-0.4, -0.2) is 23.8 Å². The van der Waals surface area contributed by atoms with Gasteiger partial charge in [0.05, 0.1) is 0 Å². The monoisotopic (exact) mass is 208 g/mol. The topological polar surface area (TPSA) is 26.2 Å². The quantitative estimate of drug-likeness (QED) is 0.816. The van der Waals surface area contributed by atoms with Crippen LogP contribution in [0.5, 0.6) is 0 Å². The Bertz CT molecular complexity index is 290. The van der Waals surface area contributed by atoms with Gasteiger partial charge in [0.25, 0.3) is 0 Å². The molecule has 2 rings (SSSR count). The summed E-state index contributed by atoms with van der Waals surface area (Å²) in [6, 6.07) is 2.83. The van der Waals surface area contributed by atoms with Gasteiger partial charge in [-0.25, -0.2) is 0 Å². The van der Waals surface area contributed by atoms with Gasteiger partial charge in [-0.15, -0.1) is 0 Å². The molecule has 15 heavy (non-hydrogen) atoms. The predicted octanol–water partition coefficient (Wildman–Crippen LogP) is 1.78. The molecule has 2 heterocycles. The maximum absolute atomic E-state index is 5.33. The highest BCUT2D eigenvalue weighted by Gasteiger charge is 2.12. The Hall–Kier alpha value is -0.800. The molecule has 3 nitrogen and oxygen atoms in total. The minimum Gasteiger partial charge on any atom is -0.381 e. The Labute approximate surface area is 91.4 Å². The van der Waals surface area contributed by atoms with E-state index in [1.165, 1.54) is 5.56 Å². The highest BCUT2D eigenvalue weighted by Crippen LogP contribution is 2.08.